The summed E-state index contributed by atoms with van der Waals surface area (Å²) in [4.78, 5) is 12.5. The second-order valence-electron chi connectivity index (χ2n) is 8.00. The molecule has 0 aromatic heterocycles. The Labute approximate surface area is 229 Å². The molecule has 0 amide bonds. The molecule has 0 aliphatic rings. The van der Waals surface area contributed by atoms with Crippen LogP contribution in [0, 0.1) is 0 Å². The molecule has 0 bridgehead atoms. The maximum absolute atomic E-state index is 12.5. The molecule has 0 aliphatic heterocycles. The van der Waals surface area contributed by atoms with E-state index >= 15 is 0 Å². The van der Waals surface area contributed by atoms with Crippen molar-refractivity contribution in [2.45, 2.75) is 6.36 Å². The van der Waals surface area contributed by atoms with Gasteiger partial charge in [-0.25, -0.2) is 0 Å². The van der Waals surface area contributed by atoms with E-state index in [9.17, 15) is 18.0 Å². The summed E-state index contributed by atoms with van der Waals surface area (Å²) in [6.07, 6.45) is 1.51. The van der Waals surface area contributed by atoms with Crippen molar-refractivity contribution in [3.05, 3.63) is 77.5 Å². The predicted octanol–water partition coefficient (Wildman–Crippen LogP) is 6.61. The van der Waals surface area contributed by atoms with E-state index in [1.807, 2.05) is 12.2 Å². The van der Waals surface area contributed by atoms with Crippen molar-refractivity contribution in [1.29, 1.82) is 0 Å². The van der Waals surface area contributed by atoms with E-state index < -0.39 is 17.9 Å². The number of halogens is 3. The number of ketones is 1. The van der Waals surface area contributed by atoms with Crippen LogP contribution in [-0.4, -0.2) is 47.7 Å². The first-order valence-corrected chi connectivity index (χ1v) is 11.7. The zero-order valence-electron chi connectivity index (χ0n) is 22.4. The van der Waals surface area contributed by atoms with Crippen molar-refractivity contribution in [1.82, 2.24) is 0 Å². The van der Waals surface area contributed by atoms with Gasteiger partial charge in [-0.05, 0) is 48.0 Å². The fraction of sp³-hybridized carbons (Fsp3) is 0.207. The Morgan fingerprint density at radius 1 is 0.750 bits per heavy atom. The van der Waals surface area contributed by atoms with Gasteiger partial charge in [-0.2, -0.15) is 0 Å². The van der Waals surface area contributed by atoms with Crippen LogP contribution in [0.4, 0.5) is 18.9 Å². The van der Waals surface area contributed by atoms with Gasteiger partial charge in [0.25, 0.3) is 0 Å². The number of benzene rings is 3. The number of rotatable bonds is 12. The molecule has 0 heterocycles. The Bertz CT molecular complexity index is 1360. The molecule has 3 aromatic rings. The summed E-state index contributed by atoms with van der Waals surface area (Å²) in [7, 11) is 7.59. The van der Waals surface area contributed by atoms with Crippen molar-refractivity contribution >= 4 is 23.6 Å². The molecule has 3 rings (SSSR count). The lowest BCUT2D eigenvalue weighted by atomic mass is 10.1. The number of hydrogen-bond acceptors (Lipinski definition) is 8. The number of alkyl halides is 3. The fourth-order valence-electron chi connectivity index (χ4n) is 3.67. The van der Waals surface area contributed by atoms with Gasteiger partial charge in [-0.3, -0.25) is 4.79 Å². The number of anilines is 1. The van der Waals surface area contributed by atoms with E-state index in [2.05, 4.69) is 10.1 Å². The van der Waals surface area contributed by atoms with Gasteiger partial charge in [-0.15, -0.1) is 13.2 Å². The van der Waals surface area contributed by atoms with Crippen molar-refractivity contribution in [3.8, 4) is 34.5 Å². The number of carbonyl (C=O) groups excluding carboxylic acids is 1. The van der Waals surface area contributed by atoms with Crippen LogP contribution in [0.5, 0.6) is 34.5 Å². The molecule has 11 heteroatoms. The highest BCUT2D eigenvalue weighted by Crippen LogP contribution is 2.39. The molecule has 0 atom stereocenters. The highest BCUT2D eigenvalue weighted by Gasteiger charge is 2.31. The number of allylic oxidation sites excluding steroid dienone is 1. The van der Waals surface area contributed by atoms with Crippen LogP contribution in [-0.2, 0) is 0 Å². The predicted molar refractivity (Wildman–Crippen MR) is 145 cm³/mol. The molecule has 212 valence electrons. The standard InChI is InChI=1S/C29H28F3NO7/c1-35-24-16-20(7-6-18-14-26(37-3)28(39-5)27(15-18)38-4)22(17-25(24)36-2)33-13-12-23(34)19-8-10-21(11-9-19)40-29(30,31)32/h6-17,33H,1-5H3/b7-6-,13-12-. The Morgan fingerprint density at radius 2 is 1.32 bits per heavy atom. The van der Waals surface area contributed by atoms with Gasteiger partial charge >= 0.3 is 6.36 Å². The normalized spacial score (nSPS) is 11.4. The van der Waals surface area contributed by atoms with Crippen molar-refractivity contribution in [2.24, 2.45) is 0 Å². The third kappa shape index (κ3) is 7.62. The van der Waals surface area contributed by atoms with Gasteiger partial charge in [0.15, 0.2) is 28.8 Å². The van der Waals surface area contributed by atoms with Gasteiger partial charge in [0.05, 0.1) is 35.5 Å². The summed E-state index contributed by atoms with van der Waals surface area (Å²) in [5.41, 5.74) is 2.22. The number of carbonyl (C=O) groups is 1. The van der Waals surface area contributed by atoms with Gasteiger partial charge < -0.3 is 33.7 Å². The first-order valence-electron chi connectivity index (χ1n) is 11.7. The molecule has 0 unspecified atom stereocenters. The summed E-state index contributed by atoms with van der Waals surface area (Å²) in [6.45, 7) is 0. The zero-order chi connectivity index (χ0) is 29.3. The average Bonchev–Trinajstić information content (AvgIpc) is 2.94. The molecule has 40 heavy (non-hydrogen) atoms. The van der Waals surface area contributed by atoms with Crippen LogP contribution in [0.3, 0.4) is 0 Å². The molecule has 0 saturated heterocycles. The Kier molecular flexibility index (Phi) is 9.91. The van der Waals surface area contributed by atoms with Gasteiger partial charge in [0.1, 0.15) is 5.75 Å². The molecule has 8 nitrogen and oxygen atoms in total. The fourth-order valence-corrected chi connectivity index (χ4v) is 3.67. The molecule has 0 aliphatic carbocycles. The lowest BCUT2D eigenvalue weighted by Crippen LogP contribution is -2.17. The van der Waals surface area contributed by atoms with E-state index in [1.165, 1.54) is 60.0 Å². The first kappa shape index (κ1) is 29.8. The van der Waals surface area contributed by atoms with Crippen LogP contribution in [0.1, 0.15) is 21.5 Å². The van der Waals surface area contributed by atoms with Crippen molar-refractivity contribution in [3.63, 3.8) is 0 Å². The monoisotopic (exact) mass is 559 g/mol. The smallest absolute Gasteiger partial charge is 0.493 e. The minimum absolute atomic E-state index is 0.183. The van der Waals surface area contributed by atoms with E-state index in [0.717, 1.165) is 17.7 Å². The Morgan fingerprint density at radius 3 is 1.85 bits per heavy atom. The van der Waals surface area contributed by atoms with Crippen LogP contribution in [0.15, 0.2) is 60.8 Å². The molecule has 1 N–H and O–H groups in total. The second kappa shape index (κ2) is 13.3. The van der Waals surface area contributed by atoms with Crippen LogP contribution in [0.2, 0.25) is 0 Å². The number of hydrogen-bond donors (Lipinski definition) is 1. The third-order valence-electron chi connectivity index (χ3n) is 5.54. The number of nitrogens with one attached hydrogen (secondary N) is 1. The van der Waals surface area contributed by atoms with Gasteiger partial charge in [0, 0.05) is 35.2 Å². The summed E-state index contributed by atoms with van der Waals surface area (Å²) in [5, 5.41) is 3.05. The zero-order valence-corrected chi connectivity index (χ0v) is 22.4. The van der Waals surface area contributed by atoms with E-state index in [4.69, 9.17) is 23.7 Å². The topological polar surface area (TPSA) is 84.5 Å². The molecule has 0 spiro atoms. The number of methoxy groups -OCH3 is 5. The largest absolute Gasteiger partial charge is 0.573 e. The van der Waals surface area contributed by atoms with Gasteiger partial charge in [-0.1, -0.05) is 12.2 Å². The van der Waals surface area contributed by atoms with Crippen LogP contribution < -0.4 is 33.7 Å². The molecule has 0 fully saturated rings. The minimum Gasteiger partial charge on any atom is -0.493 e. The van der Waals surface area contributed by atoms with E-state index in [0.29, 0.717) is 40.0 Å². The second-order valence-corrected chi connectivity index (χ2v) is 8.00. The molecule has 0 radical (unpaired) electrons. The van der Waals surface area contributed by atoms with Gasteiger partial charge in [0.2, 0.25) is 5.75 Å². The summed E-state index contributed by atoms with van der Waals surface area (Å²) >= 11 is 0. The van der Waals surface area contributed by atoms with Crippen molar-refractivity contribution < 1.29 is 46.4 Å². The summed E-state index contributed by atoms with van der Waals surface area (Å²) in [6, 6.07) is 11.7. The SMILES string of the molecule is COc1cc(/C=C\c2cc(OC)c(OC)c(OC)c2)c(N/C=C\C(=O)c2ccc(OC(F)(F)F)cc2)cc1OC. The van der Waals surface area contributed by atoms with Crippen molar-refractivity contribution in [2.75, 3.05) is 40.9 Å². The van der Waals surface area contributed by atoms with Crippen LogP contribution >= 0.6 is 0 Å². The van der Waals surface area contributed by atoms with E-state index in [1.54, 1.807) is 24.3 Å². The third-order valence-corrected chi connectivity index (χ3v) is 5.54. The van der Waals surface area contributed by atoms with Crippen LogP contribution in [0.25, 0.3) is 12.2 Å². The highest BCUT2D eigenvalue weighted by molar-refractivity contribution is 6.04. The first-order chi connectivity index (χ1) is 19.1. The maximum Gasteiger partial charge on any atom is 0.573 e. The summed E-state index contributed by atoms with van der Waals surface area (Å²) < 4.78 is 68.0. The highest BCUT2D eigenvalue weighted by atomic mass is 19.4. The maximum atomic E-state index is 12.5. The lowest BCUT2D eigenvalue weighted by molar-refractivity contribution is -0.274. The Hall–Kier alpha value is -4.80. The molecular formula is C29H28F3NO7. The minimum atomic E-state index is -4.81. The van der Waals surface area contributed by atoms with E-state index in [-0.39, 0.29) is 5.56 Å². The molecule has 0 saturated carbocycles. The number of ether oxygens (including phenoxy) is 6. The average molecular weight is 560 g/mol. The quantitative estimate of drug-likeness (QED) is 0.151. The molecule has 3 aromatic carbocycles. The summed E-state index contributed by atoms with van der Waals surface area (Å²) in [5.74, 6) is 1.54. The Balaban J connectivity index is 1.87. The lowest BCUT2D eigenvalue weighted by Gasteiger charge is -2.14. The molecular weight excluding hydrogens is 531 g/mol.